The van der Waals surface area contributed by atoms with Gasteiger partial charge in [-0.05, 0) is 32.0 Å². The first-order valence-electron chi connectivity index (χ1n) is 5.87. The van der Waals surface area contributed by atoms with Crippen molar-refractivity contribution in [2.45, 2.75) is 26.1 Å². The molecule has 1 fully saturated rings. The van der Waals surface area contributed by atoms with E-state index in [1.54, 1.807) is 11.0 Å². The standard InChI is InChI=1S/C13H15BrFNO2/c1-8-6-16(7-9(2)18-8)13(17)11-4-3-10(14)5-12(11)15/h3-5,8-9H,6-7H2,1-2H3/t8-,9-/m1/s1. The van der Waals surface area contributed by atoms with Gasteiger partial charge in [0.1, 0.15) is 5.82 Å². The first-order valence-corrected chi connectivity index (χ1v) is 6.66. The van der Waals surface area contributed by atoms with Crippen LogP contribution in [-0.2, 0) is 4.74 Å². The van der Waals surface area contributed by atoms with Gasteiger partial charge in [-0.25, -0.2) is 4.39 Å². The molecule has 2 atom stereocenters. The summed E-state index contributed by atoms with van der Waals surface area (Å²) in [6.07, 6.45) is -0.0348. The van der Waals surface area contributed by atoms with E-state index in [0.717, 1.165) is 0 Å². The van der Waals surface area contributed by atoms with Crippen LogP contribution in [-0.4, -0.2) is 36.1 Å². The van der Waals surface area contributed by atoms with E-state index in [9.17, 15) is 9.18 Å². The van der Waals surface area contributed by atoms with E-state index in [0.29, 0.717) is 17.6 Å². The zero-order chi connectivity index (χ0) is 13.3. The average Bonchev–Trinajstić information content (AvgIpc) is 2.26. The average molecular weight is 316 g/mol. The molecular weight excluding hydrogens is 301 g/mol. The van der Waals surface area contributed by atoms with Crippen molar-refractivity contribution in [3.8, 4) is 0 Å². The van der Waals surface area contributed by atoms with E-state index in [1.807, 2.05) is 13.8 Å². The van der Waals surface area contributed by atoms with Crippen LogP contribution < -0.4 is 0 Å². The molecule has 1 saturated heterocycles. The second-order valence-electron chi connectivity index (χ2n) is 4.59. The Morgan fingerprint density at radius 3 is 2.56 bits per heavy atom. The lowest BCUT2D eigenvalue weighted by molar-refractivity contribution is -0.0587. The normalized spacial score (nSPS) is 24.1. The molecule has 2 rings (SSSR count). The van der Waals surface area contributed by atoms with Gasteiger partial charge >= 0.3 is 0 Å². The summed E-state index contributed by atoms with van der Waals surface area (Å²) >= 11 is 3.18. The fourth-order valence-corrected chi connectivity index (χ4v) is 2.51. The minimum Gasteiger partial charge on any atom is -0.372 e. The predicted octanol–water partition coefficient (Wildman–Crippen LogP) is 2.84. The highest BCUT2D eigenvalue weighted by Gasteiger charge is 2.27. The molecule has 0 saturated carbocycles. The summed E-state index contributed by atoms with van der Waals surface area (Å²) in [4.78, 5) is 13.9. The Balaban J connectivity index is 2.20. The summed E-state index contributed by atoms with van der Waals surface area (Å²) < 4.78 is 19.9. The molecule has 98 valence electrons. The fraction of sp³-hybridized carbons (Fsp3) is 0.462. The van der Waals surface area contributed by atoms with E-state index in [2.05, 4.69) is 15.9 Å². The number of benzene rings is 1. The van der Waals surface area contributed by atoms with Crippen molar-refractivity contribution in [3.05, 3.63) is 34.1 Å². The summed E-state index contributed by atoms with van der Waals surface area (Å²) in [7, 11) is 0. The van der Waals surface area contributed by atoms with Crippen molar-refractivity contribution in [3.63, 3.8) is 0 Å². The van der Waals surface area contributed by atoms with E-state index in [4.69, 9.17) is 4.74 Å². The molecule has 3 nitrogen and oxygen atoms in total. The molecule has 1 aliphatic rings. The van der Waals surface area contributed by atoms with Crippen LogP contribution in [0.5, 0.6) is 0 Å². The molecule has 5 heteroatoms. The minimum absolute atomic E-state index is 0.0174. The Hall–Kier alpha value is -0.940. The zero-order valence-electron chi connectivity index (χ0n) is 10.3. The monoisotopic (exact) mass is 315 g/mol. The Labute approximate surface area is 114 Å². The molecule has 0 aliphatic carbocycles. The van der Waals surface area contributed by atoms with E-state index in [-0.39, 0.29) is 23.7 Å². The molecule has 0 bridgehead atoms. The van der Waals surface area contributed by atoms with Crippen LogP contribution in [0.15, 0.2) is 22.7 Å². The summed E-state index contributed by atoms with van der Waals surface area (Å²) in [5.74, 6) is -0.775. The molecular formula is C13H15BrFNO2. The SMILES string of the molecule is C[C@@H]1CN(C(=O)c2ccc(Br)cc2F)C[C@@H](C)O1. The van der Waals surface area contributed by atoms with Gasteiger partial charge < -0.3 is 9.64 Å². The van der Waals surface area contributed by atoms with E-state index < -0.39 is 5.82 Å². The van der Waals surface area contributed by atoms with Gasteiger partial charge in [0, 0.05) is 17.6 Å². The number of rotatable bonds is 1. The number of amides is 1. The molecule has 1 heterocycles. The molecule has 18 heavy (non-hydrogen) atoms. The summed E-state index contributed by atoms with van der Waals surface area (Å²) in [5.41, 5.74) is 0.111. The van der Waals surface area contributed by atoms with Crippen LogP contribution in [0.1, 0.15) is 24.2 Å². The van der Waals surface area contributed by atoms with Crippen LogP contribution in [0, 0.1) is 5.82 Å². The number of morpholine rings is 1. The van der Waals surface area contributed by atoms with Gasteiger partial charge in [-0.3, -0.25) is 4.79 Å². The first-order chi connectivity index (χ1) is 8.47. The number of hydrogen-bond acceptors (Lipinski definition) is 2. The van der Waals surface area contributed by atoms with Crippen molar-refractivity contribution in [2.24, 2.45) is 0 Å². The van der Waals surface area contributed by atoms with E-state index in [1.165, 1.54) is 12.1 Å². The Morgan fingerprint density at radius 2 is 2.00 bits per heavy atom. The molecule has 0 spiro atoms. The summed E-state index contributed by atoms with van der Waals surface area (Å²) in [6.45, 7) is 4.82. The van der Waals surface area contributed by atoms with Crippen molar-refractivity contribution < 1.29 is 13.9 Å². The molecule has 0 radical (unpaired) electrons. The summed E-state index contributed by atoms with van der Waals surface area (Å²) in [5, 5.41) is 0. The third kappa shape index (κ3) is 2.90. The number of carbonyl (C=O) groups excluding carboxylic acids is 1. The highest BCUT2D eigenvalue weighted by Crippen LogP contribution is 2.19. The van der Waals surface area contributed by atoms with Crippen molar-refractivity contribution >= 4 is 21.8 Å². The second kappa shape index (κ2) is 5.36. The van der Waals surface area contributed by atoms with Gasteiger partial charge in [0.2, 0.25) is 0 Å². The maximum atomic E-state index is 13.7. The maximum absolute atomic E-state index is 13.7. The van der Waals surface area contributed by atoms with Gasteiger partial charge in [-0.2, -0.15) is 0 Å². The predicted molar refractivity (Wildman–Crippen MR) is 70.0 cm³/mol. The molecule has 1 aromatic carbocycles. The lowest BCUT2D eigenvalue weighted by atomic mass is 10.1. The number of halogens is 2. The van der Waals surface area contributed by atoms with Crippen molar-refractivity contribution in [1.82, 2.24) is 4.90 Å². The lowest BCUT2D eigenvalue weighted by Gasteiger charge is -2.35. The maximum Gasteiger partial charge on any atom is 0.257 e. The molecule has 1 aromatic rings. The van der Waals surface area contributed by atoms with Gasteiger partial charge in [0.25, 0.3) is 5.91 Å². The second-order valence-corrected chi connectivity index (χ2v) is 5.51. The highest BCUT2D eigenvalue weighted by atomic mass is 79.9. The molecule has 0 N–H and O–H groups in total. The van der Waals surface area contributed by atoms with Gasteiger partial charge in [0.15, 0.2) is 0 Å². The first kappa shape index (κ1) is 13.5. The largest absolute Gasteiger partial charge is 0.372 e. The number of nitrogens with zero attached hydrogens (tertiary/aromatic N) is 1. The third-order valence-electron chi connectivity index (χ3n) is 2.87. The highest BCUT2D eigenvalue weighted by molar-refractivity contribution is 9.10. The van der Waals surface area contributed by atoms with Crippen LogP contribution in [0.3, 0.4) is 0 Å². The molecule has 1 amide bonds. The minimum atomic E-state index is -0.499. The van der Waals surface area contributed by atoms with Gasteiger partial charge in [0.05, 0.1) is 17.8 Å². The van der Waals surface area contributed by atoms with Crippen molar-refractivity contribution in [1.29, 1.82) is 0 Å². The Bertz CT molecular complexity index is 456. The van der Waals surface area contributed by atoms with Gasteiger partial charge in [-0.15, -0.1) is 0 Å². The number of ether oxygens (including phenoxy) is 1. The third-order valence-corrected chi connectivity index (χ3v) is 3.36. The molecule has 0 aromatic heterocycles. The Kier molecular flexibility index (Phi) is 4.02. The molecule has 0 unspecified atom stereocenters. The van der Waals surface area contributed by atoms with Crippen LogP contribution in [0.25, 0.3) is 0 Å². The summed E-state index contributed by atoms with van der Waals surface area (Å²) in [6, 6.07) is 4.48. The number of carbonyl (C=O) groups is 1. The van der Waals surface area contributed by atoms with Crippen LogP contribution >= 0.6 is 15.9 Å². The van der Waals surface area contributed by atoms with E-state index >= 15 is 0 Å². The fourth-order valence-electron chi connectivity index (χ4n) is 2.18. The quantitative estimate of drug-likeness (QED) is 0.797. The van der Waals surface area contributed by atoms with Crippen molar-refractivity contribution in [2.75, 3.05) is 13.1 Å². The zero-order valence-corrected chi connectivity index (χ0v) is 11.9. The van der Waals surface area contributed by atoms with Crippen LogP contribution in [0.2, 0.25) is 0 Å². The molecule has 1 aliphatic heterocycles. The lowest BCUT2D eigenvalue weighted by Crippen LogP contribution is -2.48. The topological polar surface area (TPSA) is 29.5 Å². The Morgan fingerprint density at radius 1 is 1.39 bits per heavy atom. The number of hydrogen-bond donors (Lipinski definition) is 0. The van der Waals surface area contributed by atoms with Gasteiger partial charge in [-0.1, -0.05) is 15.9 Å². The smallest absolute Gasteiger partial charge is 0.257 e. The van der Waals surface area contributed by atoms with Crippen LogP contribution in [0.4, 0.5) is 4.39 Å².